The highest BCUT2D eigenvalue weighted by Gasteiger charge is 2.35. The van der Waals surface area contributed by atoms with E-state index in [1.54, 1.807) is 12.1 Å². The molecule has 0 aromatic heterocycles. The van der Waals surface area contributed by atoms with Crippen molar-refractivity contribution in [2.24, 2.45) is 0 Å². The molecule has 0 unspecified atom stereocenters. The number of hydrogen-bond acceptors (Lipinski definition) is 7. The summed E-state index contributed by atoms with van der Waals surface area (Å²) in [4.78, 5) is 26.7. The number of carbonyl (C=O) groups is 2. The smallest absolute Gasteiger partial charge is 0.339 e. The molecule has 3 aromatic rings. The summed E-state index contributed by atoms with van der Waals surface area (Å²) in [6.45, 7) is 0.141. The fourth-order valence-corrected chi connectivity index (χ4v) is 5.51. The quantitative estimate of drug-likeness (QED) is 0.241. The molecular formula is C24H17BrClNO6S2. The van der Waals surface area contributed by atoms with E-state index in [1.807, 2.05) is 24.3 Å². The number of amides is 2. The predicted molar refractivity (Wildman–Crippen MR) is 138 cm³/mol. The average molecular weight is 595 g/mol. The van der Waals surface area contributed by atoms with Crippen LogP contribution in [0.15, 0.2) is 81.0 Å². The molecule has 1 heterocycles. The minimum Gasteiger partial charge on any atom is -0.493 e. The zero-order valence-electron chi connectivity index (χ0n) is 18.1. The van der Waals surface area contributed by atoms with E-state index in [2.05, 4.69) is 15.9 Å². The second-order valence-electron chi connectivity index (χ2n) is 7.26. The van der Waals surface area contributed by atoms with Crippen molar-refractivity contribution in [1.82, 2.24) is 4.90 Å². The summed E-state index contributed by atoms with van der Waals surface area (Å²) >= 11 is 10.1. The summed E-state index contributed by atoms with van der Waals surface area (Å²) in [5, 5.41) is 0.0182. The normalized spacial score (nSPS) is 15.1. The van der Waals surface area contributed by atoms with Gasteiger partial charge in [0.25, 0.3) is 11.1 Å². The fourth-order valence-electron chi connectivity index (χ4n) is 3.20. The van der Waals surface area contributed by atoms with Gasteiger partial charge in [0, 0.05) is 9.50 Å². The number of halogens is 2. The van der Waals surface area contributed by atoms with Gasteiger partial charge in [-0.3, -0.25) is 14.5 Å². The van der Waals surface area contributed by atoms with E-state index in [0.29, 0.717) is 10.6 Å². The number of methoxy groups -OCH3 is 1. The van der Waals surface area contributed by atoms with E-state index in [-0.39, 0.29) is 33.1 Å². The van der Waals surface area contributed by atoms with Gasteiger partial charge in [-0.2, -0.15) is 8.42 Å². The summed E-state index contributed by atoms with van der Waals surface area (Å²) in [5.41, 5.74) is 1.34. The lowest BCUT2D eigenvalue weighted by atomic mass is 10.1. The lowest BCUT2D eigenvalue weighted by molar-refractivity contribution is -0.123. The zero-order valence-corrected chi connectivity index (χ0v) is 22.1. The molecule has 7 nitrogen and oxygen atoms in total. The Bertz CT molecular complexity index is 1440. The van der Waals surface area contributed by atoms with E-state index in [4.69, 9.17) is 20.5 Å². The highest BCUT2D eigenvalue weighted by atomic mass is 79.9. The topological polar surface area (TPSA) is 90.0 Å². The molecule has 1 saturated heterocycles. The SMILES string of the molecule is COc1cc(/C=C2\SC(=O)N(Cc3ccccc3Br)C2=O)ccc1OS(=O)(=O)c1ccc(Cl)cc1. The van der Waals surface area contributed by atoms with Crippen LogP contribution in [0.2, 0.25) is 5.02 Å². The summed E-state index contributed by atoms with van der Waals surface area (Å²) in [6, 6.07) is 17.4. The van der Waals surface area contributed by atoms with Crippen LogP contribution < -0.4 is 8.92 Å². The van der Waals surface area contributed by atoms with Crippen LogP contribution in [0.4, 0.5) is 4.79 Å². The molecule has 35 heavy (non-hydrogen) atoms. The summed E-state index contributed by atoms with van der Waals surface area (Å²) in [5.74, 6) is -0.300. The van der Waals surface area contributed by atoms with Crippen LogP contribution in [0.25, 0.3) is 6.08 Å². The van der Waals surface area contributed by atoms with Gasteiger partial charge in [-0.05, 0) is 71.4 Å². The number of nitrogens with zero attached hydrogens (tertiary/aromatic N) is 1. The Balaban J connectivity index is 1.55. The minimum absolute atomic E-state index is 0.0263. The van der Waals surface area contributed by atoms with Gasteiger partial charge in [0.1, 0.15) is 4.90 Å². The molecule has 0 radical (unpaired) electrons. The van der Waals surface area contributed by atoms with Crippen LogP contribution in [0, 0.1) is 0 Å². The second-order valence-corrected chi connectivity index (χ2v) is 11.1. The molecule has 1 aliphatic heterocycles. The van der Waals surface area contributed by atoms with Gasteiger partial charge in [0.2, 0.25) is 0 Å². The maximum Gasteiger partial charge on any atom is 0.339 e. The van der Waals surface area contributed by atoms with Gasteiger partial charge in [0.15, 0.2) is 11.5 Å². The molecule has 0 atom stereocenters. The first-order chi connectivity index (χ1) is 16.7. The summed E-state index contributed by atoms with van der Waals surface area (Å²) in [7, 11) is -2.75. The van der Waals surface area contributed by atoms with Crippen molar-refractivity contribution in [2.45, 2.75) is 11.4 Å². The largest absolute Gasteiger partial charge is 0.493 e. The van der Waals surface area contributed by atoms with Gasteiger partial charge in [-0.1, -0.05) is 51.8 Å². The lowest BCUT2D eigenvalue weighted by Crippen LogP contribution is -2.27. The van der Waals surface area contributed by atoms with Gasteiger partial charge in [0.05, 0.1) is 18.6 Å². The minimum atomic E-state index is -4.12. The summed E-state index contributed by atoms with van der Waals surface area (Å²) < 4.78 is 36.6. The third kappa shape index (κ3) is 5.72. The Morgan fingerprint density at radius 1 is 1.03 bits per heavy atom. The molecule has 180 valence electrons. The molecule has 1 fully saturated rings. The van der Waals surface area contributed by atoms with Crippen molar-refractivity contribution in [1.29, 1.82) is 0 Å². The Kier molecular flexibility index (Phi) is 7.56. The summed E-state index contributed by atoms with van der Waals surface area (Å²) in [6.07, 6.45) is 1.55. The number of thioether (sulfide) groups is 1. The van der Waals surface area contributed by atoms with E-state index in [9.17, 15) is 18.0 Å². The Morgan fingerprint density at radius 3 is 2.43 bits per heavy atom. The third-order valence-corrected chi connectivity index (χ3v) is 8.13. The van der Waals surface area contributed by atoms with Crippen molar-refractivity contribution in [3.05, 3.63) is 92.3 Å². The molecule has 0 N–H and O–H groups in total. The molecule has 0 aliphatic carbocycles. The maximum absolute atomic E-state index is 12.9. The molecule has 0 bridgehead atoms. The Morgan fingerprint density at radius 2 is 1.74 bits per heavy atom. The first-order valence-electron chi connectivity index (χ1n) is 10.0. The first kappa shape index (κ1) is 25.3. The maximum atomic E-state index is 12.9. The fraction of sp³-hybridized carbons (Fsp3) is 0.0833. The number of imide groups is 1. The van der Waals surface area contributed by atoms with Crippen molar-refractivity contribution in [3.63, 3.8) is 0 Å². The standard InChI is InChI=1S/C24H17BrClNO6S2/c1-32-21-12-15(6-11-20(21)33-35(30,31)18-9-7-17(26)8-10-18)13-22-23(28)27(24(29)34-22)14-16-4-2-3-5-19(16)25/h2-13H,14H2,1H3/b22-13-. The van der Waals surface area contributed by atoms with Gasteiger partial charge >= 0.3 is 10.1 Å². The highest BCUT2D eigenvalue weighted by Crippen LogP contribution is 2.36. The second kappa shape index (κ2) is 10.4. The van der Waals surface area contributed by atoms with Crippen molar-refractivity contribution in [3.8, 4) is 11.5 Å². The number of benzene rings is 3. The van der Waals surface area contributed by atoms with Crippen molar-refractivity contribution in [2.75, 3.05) is 7.11 Å². The molecular weight excluding hydrogens is 578 g/mol. The third-order valence-electron chi connectivity index (χ3n) is 4.95. The van der Waals surface area contributed by atoms with Crippen LogP contribution in [0.3, 0.4) is 0 Å². The Hall–Kier alpha value is -2.79. The number of ether oxygens (including phenoxy) is 1. The van der Waals surface area contributed by atoms with Crippen LogP contribution >= 0.6 is 39.3 Å². The number of hydrogen-bond donors (Lipinski definition) is 0. The molecule has 0 saturated carbocycles. The van der Waals surface area contributed by atoms with Crippen LogP contribution in [-0.2, 0) is 21.5 Å². The number of rotatable bonds is 7. The van der Waals surface area contributed by atoms with Gasteiger partial charge in [-0.15, -0.1) is 0 Å². The Labute approximate surface area is 219 Å². The molecule has 0 spiro atoms. The monoisotopic (exact) mass is 593 g/mol. The molecule has 4 rings (SSSR count). The number of carbonyl (C=O) groups excluding carboxylic acids is 2. The van der Waals surface area contributed by atoms with E-state index in [1.165, 1.54) is 48.4 Å². The average Bonchev–Trinajstić information content (AvgIpc) is 3.08. The van der Waals surface area contributed by atoms with Crippen molar-refractivity contribution >= 4 is 66.6 Å². The molecule has 2 amide bonds. The van der Waals surface area contributed by atoms with Gasteiger partial charge in [-0.25, -0.2) is 0 Å². The molecule has 3 aromatic carbocycles. The zero-order chi connectivity index (χ0) is 25.2. The van der Waals surface area contributed by atoms with E-state index >= 15 is 0 Å². The lowest BCUT2D eigenvalue weighted by Gasteiger charge is -2.13. The van der Waals surface area contributed by atoms with Crippen LogP contribution in [0.5, 0.6) is 11.5 Å². The molecule has 11 heteroatoms. The van der Waals surface area contributed by atoms with Crippen LogP contribution in [0.1, 0.15) is 11.1 Å². The first-order valence-corrected chi connectivity index (χ1v) is 13.4. The van der Waals surface area contributed by atoms with Gasteiger partial charge < -0.3 is 8.92 Å². The predicted octanol–water partition coefficient (Wildman–Crippen LogP) is 6.12. The highest BCUT2D eigenvalue weighted by molar-refractivity contribution is 9.10. The van der Waals surface area contributed by atoms with Crippen molar-refractivity contribution < 1.29 is 26.9 Å². The van der Waals surface area contributed by atoms with E-state index in [0.717, 1.165) is 21.8 Å². The van der Waals surface area contributed by atoms with Crippen LogP contribution in [-0.4, -0.2) is 31.6 Å². The van der Waals surface area contributed by atoms with E-state index < -0.39 is 16.0 Å². The molecule has 1 aliphatic rings.